The van der Waals surface area contributed by atoms with Gasteiger partial charge in [0.2, 0.25) is 0 Å². The van der Waals surface area contributed by atoms with E-state index in [1.165, 1.54) is 16.0 Å². The van der Waals surface area contributed by atoms with Gasteiger partial charge in [0.15, 0.2) is 0 Å². The average Bonchev–Trinajstić information content (AvgIpc) is 2.76. The van der Waals surface area contributed by atoms with Gasteiger partial charge in [-0.05, 0) is 54.6 Å². The zero-order chi connectivity index (χ0) is 13.1. The maximum atomic E-state index is 6.10. The number of aryl methyl sites for hydroxylation is 2. The number of rotatable bonds is 4. The summed E-state index contributed by atoms with van der Waals surface area (Å²) in [5, 5.41) is 6.53. The zero-order valence-electron chi connectivity index (χ0n) is 11.0. The van der Waals surface area contributed by atoms with Crippen molar-refractivity contribution in [2.45, 2.75) is 26.8 Å². The number of halogens is 1. The first-order valence-electron chi connectivity index (χ1n) is 6.17. The Balaban J connectivity index is 2.41. The van der Waals surface area contributed by atoms with Crippen LogP contribution in [0.3, 0.4) is 0 Å². The van der Waals surface area contributed by atoms with Crippen LogP contribution < -0.4 is 5.32 Å². The fourth-order valence-electron chi connectivity index (χ4n) is 2.15. The Hall–Kier alpha value is -0.830. The third-order valence-electron chi connectivity index (χ3n) is 3.13. The van der Waals surface area contributed by atoms with Gasteiger partial charge in [-0.2, -0.15) is 0 Å². The summed E-state index contributed by atoms with van der Waals surface area (Å²) in [6.45, 7) is 7.31. The molecule has 0 radical (unpaired) electrons. The third kappa shape index (κ3) is 2.77. The van der Waals surface area contributed by atoms with Crippen molar-refractivity contribution in [2.24, 2.45) is 0 Å². The van der Waals surface area contributed by atoms with Crippen LogP contribution in [0, 0.1) is 13.8 Å². The van der Waals surface area contributed by atoms with Crippen LogP contribution >= 0.6 is 22.9 Å². The molecule has 96 valence electrons. The summed E-state index contributed by atoms with van der Waals surface area (Å²) in [7, 11) is 0. The predicted octanol–water partition coefficient (Wildman–Crippen LogP) is 4.72. The Bertz CT molecular complexity index is 533. The summed E-state index contributed by atoms with van der Waals surface area (Å²) >= 11 is 7.89. The molecule has 3 heteroatoms. The molecule has 1 nitrogen and oxygen atoms in total. The van der Waals surface area contributed by atoms with Gasteiger partial charge >= 0.3 is 0 Å². The Kier molecular flexibility index (Phi) is 4.44. The van der Waals surface area contributed by atoms with Gasteiger partial charge in [0, 0.05) is 9.90 Å². The van der Waals surface area contributed by atoms with Crippen LogP contribution in [0.1, 0.15) is 34.5 Å². The van der Waals surface area contributed by atoms with Gasteiger partial charge in [0.05, 0.1) is 6.04 Å². The van der Waals surface area contributed by atoms with Gasteiger partial charge < -0.3 is 5.32 Å². The smallest absolute Gasteiger partial charge is 0.0587 e. The van der Waals surface area contributed by atoms with E-state index >= 15 is 0 Å². The monoisotopic (exact) mass is 279 g/mol. The SMILES string of the molecule is CCNC(c1ccc(Cl)c(C)c1)c1ccsc1C. The maximum absolute atomic E-state index is 6.10. The Morgan fingerprint density at radius 3 is 2.61 bits per heavy atom. The molecular weight excluding hydrogens is 262 g/mol. The van der Waals surface area contributed by atoms with Crippen LogP contribution in [0.15, 0.2) is 29.6 Å². The van der Waals surface area contributed by atoms with Gasteiger partial charge in [-0.25, -0.2) is 0 Å². The van der Waals surface area contributed by atoms with Crippen LogP contribution in [-0.2, 0) is 0 Å². The minimum absolute atomic E-state index is 0.261. The molecule has 0 amide bonds. The molecule has 2 rings (SSSR count). The van der Waals surface area contributed by atoms with Crippen LogP contribution in [0.2, 0.25) is 5.02 Å². The van der Waals surface area contributed by atoms with E-state index in [-0.39, 0.29) is 6.04 Å². The number of benzene rings is 1. The Labute approximate surface area is 118 Å². The fraction of sp³-hybridized carbons (Fsp3) is 0.333. The van der Waals surface area contributed by atoms with Crippen LogP contribution in [0.4, 0.5) is 0 Å². The number of hydrogen-bond acceptors (Lipinski definition) is 2. The highest BCUT2D eigenvalue weighted by Gasteiger charge is 2.16. The molecule has 1 unspecified atom stereocenters. The van der Waals surface area contributed by atoms with E-state index in [0.717, 1.165) is 17.1 Å². The van der Waals surface area contributed by atoms with E-state index in [1.54, 1.807) is 11.3 Å². The molecule has 0 fully saturated rings. The normalized spacial score (nSPS) is 12.7. The number of nitrogens with one attached hydrogen (secondary N) is 1. The Morgan fingerprint density at radius 1 is 1.28 bits per heavy atom. The highest BCUT2D eigenvalue weighted by atomic mass is 35.5. The van der Waals surface area contributed by atoms with Gasteiger partial charge in [0.1, 0.15) is 0 Å². The topological polar surface area (TPSA) is 12.0 Å². The van der Waals surface area contributed by atoms with Crippen LogP contribution in [-0.4, -0.2) is 6.54 Å². The summed E-state index contributed by atoms with van der Waals surface area (Å²) in [6.07, 6.45) is 0. The number of thiophene rings is 1. The Morgan fingerprint density at radius 2 is 2.06 bits per heavy atom. The summed E-state index contributed by atoms with van der Waals surface area (Å²) in [6, 6.07) is 8.74. The summed E-state index contributed by atoms with van der Waals surface area (Å²) in [5.74, 6) is 0. The van der Waals surface area contributed by atoms with Gasteiger partial charge in [-0.1, -0.05) is 30.7 Å². The van der Waals surface area contributed by atoms with Crippen molar-refractivity contribution in [3.63, 3.8) is 0 Å². The molecule has 0 bridgehead atoms. The third-order valence-corrected chi connectivity index (χ3v) is 4.42. The predicted molar refractivity (Wildman–Crippen MR) is 80.8 cm³/mol. The molecule has 0 saturated carbocycles. The van der Waals surface area contributed by atoms with E-state index in [4.69, 9.17) is 11.6 Å². The van der Waals surface area contributed by atoms with Crippen molar-refractivity contribution in [3.8, 4) is 0 Å². The summed E-state index contributed by atoms with van der Waals surface area (Å²) in [4.78, 5) is 1.37. The molecule has 1 atom stereocenters. The molecule has 1 N–H and O–H groups in total. The van der Waals surface area contributed by atoms with Gasteiger partial charge in [-0.3, -0.25) is 0 Å². The first-order chi connectivity index (χ1) is 8.63. The molecule has 0 aliphatic rings. The van der Waals surface area contributed by atoms with E-state index in [9.17, 15) is 0 Å². The highest BCUT2D eigenvalue weighted by molar-refractivity contribution is 7.10. The molecule has 0 aliphatic heterocycles. The first-order valence-corrected chi connectivity index (χ1v) is 7.42. The second-order valence-electron chi connectivity index (χ2n) is 4.43. The number of hydrogen-bond donors (Lipinski definition) is 1. The van der Waals surface area contributed by atoms with E-state index in [2.05, 4.69) is 49.7 Å². The van der Waals surface area contributed by atoms with Crippen molar-refractivity contribution in [1.29, 1.82) is 0 Å². The molecule has 0 saturated heterocycles. The largest absolute Gasteiger partial charge is 0.306 e. The van der Waals surface area contributed by atoms with E-state index in [1.807, 2.05) is 6.07 Å². The molecule has 1 heterocycles. The lowest BCUT2D eigenvalue weighted by molar-refractivity contribution is 0.629. The van der Waals surface area contributed by atoms with Crippen LogP contribution in [0.25, 0.3) is 0 Å². The fourth-order valence-corrected chi connectivity index (χ4v) is 3.01. The standard InChI is InChI=1S/C15H18ClNS/c1-4-17-15(13-7-8-18-11(13)3)12-5-6-14(16)10(2)9-12/h5-9,15,17H,4H2,1-3H3. The van der Waals surface area contributed by atoms with Crippen LogP contribution in [0.5, 0.6) is 0 Å². The summed E-state index contributed by atoms with van der Waals surface area (Å²) in [5.41, 5.74) is 3.77. The van der Waals surface area contributed by atoms with E-state index < -0.39 is 0 Å². The van der Waals surface area contributed by atoms with Crippen molar-refractivity contribution >= 4 is 22.9 Å². The zero-order valence-corrected chi connectivity index (χ0v) is 12.5. The molecule has 1 aromatic carbocycles. The minimum atomic E-state index is 0.261. The summed E-state index contributed by atoms with van der Waals surface area (Å²) < 4.78 is 0. The highest BCUT2D eigenvalue weighted by Crippen LogP contribution is 2.30. The molecule has 0 spiro atoms. The van der Waals surface area contributed by atoms with Gasteiger partial charge in [0.25, 0.3) is 0 Å². The average molecular weight is 280 g/mol. The second kappa shape index (κ2) is 5.87. The van der Waals surface area contributed by atoms with Crippen molar-refractivity contribution < 1.29 is 0 Å². The molecule has 18 heavy (non-hydrogen) atoms. The molecule has 2 aromatic rings. The lowest BCUT2D eigenvalue weighted by Gasteiger charge is -2.19. The van der Waals surface area contributed by atoms with Crippen molar-refractivity contribution in [3.05, 3.63) is 56.2 Å². The molecule has 0 aliphatic carbocycles. The maximum Gasteiger partial charge on any atom is 0.0587 e. The van der Waals surface area contributed by atoms with Crippen molar-refractivity contribution in [2.75, 3.05) is 6.54 Å². The molecular formula is C15H18ClNS. The first kappa shape index (κ1) is 13.6. The lowest BCUT2D eigenvalue weighted by atomic mass is 9.98. The minimum Gasteiger partial charge on any atom is -0.306 e. The molecule has 1 aromatic heterocycles. The quantitative estimate of drug-likeness (QED) is 0.854. The second-order valence-corrected chi connectivity index (χ2v) is 5.96. The van der Waals surface area contributed by atoms with Crippen molar-refractivity contribution in [1.82, 2.24) is 5.32 Å². The van der Waals surface area contributed by atoms with E-state index in [0.29, 0.717) is 0 Å². The van der Waals surface area contributed by atoms with Gasteiger partial charge in [-0.15, -0.1) is 11.3 Å². The lowest BCUT2D eigenvalue weighted by Crippen LogP contribution is -2.22.